The Morgan fingerprint density at radius 2 is 1.88 bits per heavy atom. The molecule has 1 aromatic carbocycles. The van der Waals surface area contributed by atoms with Crippen LogP contribution in [0.2, 0.25) is 0 Å². The van der Waals surface area contributed by atoms with Crippen molar-refractivity contribution in [1.29, 1.82) is 0 Å². The maximum Gasteiger partial charge on any atom is 0.303 e. The summed E-state index contributed by atoms with van der Waals surface area (Å²) < 4.78 is 10.5. The van der Waals surface area contributed by atoms with Crippen molar-refractivity contribution in [1.82, 2.24) is 0 Å². The quantitative estimate of drug-likeness (QED) is 0.549. The number of ether oxygens (including phenoxy) is 2. The minimum atomic E-state index is -0.848. The van der Waals surface area contributed by atoms with E-state index in [9.17, 15) is 9.59 Å². The molecule has 0 aromatic heterocycles. The molecule has 1 rings (SSSR count). The van der Waals surface area contributed by atoms with Crippen molar-refractivity contribution in [3.05, 3.63) is 24.3 Å². The van der Waals surface area contributed by atoms with Crippen LogP contribution in [0, 0.1) is 0 Å². The Morgan fingerprint density at radius 3 is 2.47 bits per heavy atom. The van der Waals surface area contributed by atoms with Crippen LogP contribution in [0.5, 0.6) is 11.5 Å². The van der Waals surface area contributed by atoms with Gasteiger partial charge in [-0.15, -0.1) is 0 Å². The Morgan fingerprint density at radius 1 is 1.24 bits per heavy atom. The number of aliphatic carboxylic acids is 1. The molecule has 0 spiro atoms. The van der Waals surface area contributed by atoms with Gasteiger partial charge in [0.05, 0.1) is 6.61 Å². The van der Waals surface area contributed by atoms with E-state index in [-0.39, 0.29) is 13.0 Å². The van der Waals surface area contributed by atoms with Gasteiger partial charge >= 0.3 is 5.97 Å². The lowest BCUT2D eigenvalue weighted by atomic mass is 10.3. The molecule has 0 saturated heterocycles. The number of rotatable bonds is 8. The Balaban J connectivity index is 2.45. The van der Waals surface area contributed by atoms with E-state index in [0.717, 1.165) is 0 Å². The van der Waals surface area contributed by atoms with Gasteiger partial charge in [0.25, 0.3) is 0 Å². The van der Waals surface area contributed by atoms with Gasteiger partial charge < -0.3 is 14.6 Å². The first-order valence-electron chi connectivity index (χ1n) is 5.24. The van der Waals surface area contributed by atoms with Crippen LogP contribution in [0.4, 0.5) is 0 Å². The summed E-state index contributed by atoms with van der Waals surface area (Å²) in [7, 11) is 0. The SMILES string of the molecule is O=CCOc1ccccc1OCCCC(=O)O. The Bertz CT molecular complexity index is 375. The molecule has 5 heteroatoms. The molecule has 0 aliphatic rings. The molecule has 0 amide bonds. The first-order valence-corrected chi connectivity index (χ1v) is 5.24. The van der Waals surface area contributed by atoms with Gasteiger partial charge in [-0.1, -0.05) is 12.1 Å². The second-order valence-corrected chi connectivity index (χ2v) is 3.27. The lowest BCUT2D eigenvalue weighted by Gasteiger charge is -2.10. The largest absolute Gasteiger partial charge is 0.490 e. The molecule has 0 atom stereocenters. The number of hydrogen-bond acceptors (Lipinski definition) is 4. The van der Waals surface area contributed by atoms with Gasteiger partial charge in [-0.3, -0.25) is 9.59 Å². The average Bonchev–Trinajstić information content (AvgIpc) is 2.33. The number of carbonyl (C=O) groups excluding carboxylic acids is 1. The summed E-state index contributed by atoms with van der Waals surface area (Å²) in [6.07, 6.45) is 1.15. The van der Waals surface area contributed by atoms with Gasteiger partial charge in [0, 0.05) is 6.42 Å². The van der Waals surface area contributed by atoms with Crippen LogP contribution < -0.4 is 9.47 Å². The molecule has 1 aromatic rings. The highest BCUT2D eigenvalue weighted by Gasteiger charge is 2.04. The van der Waals surface area contributed by atoms with Crippen LogP contribution in [0.25, 0.3) is 0 Å². The Labute approximate surface area is 99.0 Å². The van der Waals surface area contributed by atoms with Gasteiger partial charge in [0.15, 0.2) is 17.8 Å². The monoisotopic (exact) mass is 238 g/mol. The number of benzene rings is 1. The van der Waals surface area contributed by atoms with Crippen LogP contribution in [-0.4, -0.2) is 30.6 Å². The molecule has 0 unspecified atom stereocenters. The number of carboxylic acid groups (broad SMARTS) is 1. The van der Waals surface area contributed by atoms with Crippen molar-refractivity contribution in [3.8, 4) is 11.5 Å². The minimum absolute atomic E-state index is 0.0322. The van der Waals surface area contributed by atoms with Crippen molar-refractivity contribution in [2.45, 2.75) is 12.8 Å². The Hall–Kier alpha value is -2.04. The second kappa shape index (κ2) is 7.27. The molecule has 1 N–H and O–H groups in total. The lowest BCUT2D eigenvalue weighted by molar-refractivity contribution is -0.137. The average molecular weight is 238 g/mol. The highest BCUT2D eigenvalue weighted by Crippen LogP contribution is 2.26. The third kappa shape index (κ3) is 5.01. The van der Waals surface area contributed by atoms with E-state index >= 15 is 0 Å². The van der Waals surface area contributed by atoms with Gasteiger partial charge in [0.1, 0.15) is 6.61 Å². The summed E-state index contributed by atoms with van der Waals surface area (Å²) in [6, 6.07) is 6.95. The summed E-state index contributed by atoms with van der Waals surface area (Å²) in [6.45, 7) is 0.267. The molecule has 0 heterocycles. The molecule has 0 bridgehead atoms. The van der Waals surface area contributed by atoms with E-state index in [4.69, 9.17) is 14.6 Å². The number of carboxylic acids is 1. The van der Waals surface area contributed by atoms with E-state index < -0.39 is 5.97 Å². The minimum Gasteiger partial charge on any atom is -0.490 e. The standard InChI is InChI=1S/C12H14O5/c13-7-9-17-11-5-2-1-4-10(11)16-8-3-6-12(14)15/h1-2,4-5,7H,3,6,8-9H2,(H,14,15). The van der Waals surface area contributed by atoms with Crippen LogP contribution in [-0.2, 0) is 9.59 Å². The zero-order valence-corrected chi connectivity index (χ0v) is 9.30. The lowest BCUT2D eigenvalue weighted by Crippen LogP contribution is -2.04. The summed E-state index contributed by atoms with van der Waals surface area (Å²) in [5.74, 6) is 0.147. The second-order valence-electron chi connectivity index (χ2n) is 3.27. The third-order valence-corrected chi connectivity index (χ3v) is 1.95. The molecule has 0 radical (unpaired) electrons. The summed E-state index contributed by atoms with van der Waals surface area (Å²) in [5, 5.41) is 8.46. The molecular weight excluding hydrogens is 224 g/mol. The number of carbonyl (C=O) groups is 2. The molecule has 5 nitrogen and oxygen atoms in total. The molecule has 17 heavy (non-hydrogen) atoms. The van der Waals surface area contributed by atoms with Crippen LogP contribution in [0.3, 0.4) is 0 Å². The molecule has 0 aliphatic heterocycles. The molecular formula is C12H14O5. The molecule has 92 valence electrons. The van der Waals surface area contributed by atoms with Gasteiger partial charge in [-0.05, 0) is 18.6 Å². The van der Waals surface area contributed by atoms with Crippen molar-refractivity contribution in [2.24, 2.45) is 0 Å². The van der Waals surface area contributed by atoms with Crippen molar-refractivity contribution in [2.75, 3.05) is 13.2 Å². The number of aldehydes is 1. The topological polar surface area (TPSA) is 72.8 Å². The summed E-state index contributed by atoms with van der Waals surface area (Å²) in [4.78, 5) is 20.5. The maximum absolute atomic E-state index is 10.3. The van der Waals surface area contributed by atoms with Crippen LogP contribution in [0.1, 0.15) is 12.8 Å². The highest BCUT2D eigenvalue weighted by atomic mass is 16.5. The van der Waals surface area contributed by atoms with Crippen molar-refractivity contribution >= 4 is 12.3 Å². The third-order valence-electron chi connectivity index (χ3n) is 1.95. The Kier molecular flexibility index (Phi) is 5.57. The smallest absolute Gasteiger partial charge is 0.303 e. The van der Waals surface area contributed by atoms with Crippen molar-refractivity contribution < 1.29 is 24.2 Å². The summed E-state index contributed by atoms with van der Waals surface area (Å²) >= 11 is 0. The molecule has 0 fully saturated rings. The fourth-order valence-corrected chi connectivity index (χ4v) is 1.22. The fraction of sp³-hybridized carbons (Fsp3) is 0.333. The normalized spacial score (nSPS) is 9.65. The van der Waals surface area contributed by atoms with E-state index in [1.807, 2.05) is 0 Å². The van der Waals surface area contributed by atoms with E-state index in [2.05, 4.69) is 0 Å². The van der Waals surface area contributed by atoms with E-state index in [0.29, 0.717) is 30.8 Å². The predicted octanol–water partition coefficient (Wildman–Crippen LogP) is 1.51. The van der Waals surface area contributed by atoms with Crippen LogP contribution >= 0.6 is 0 Å². The van der Waals surface area contributed by atoms with Gasteiger partial charge in [-0.25, -0.2) is 0 Å². The molecule has 0 saturated carbocycles. The molecule has 0 aliphatic carbocycles. The van der Waals surface area contributed by atoms with Crippen LogP contribution in [0.15, 0.2) is 24.3 Å². The van der Waals surface area contributed by atoms with Gasteiger partial charge in [0.2, 0.25) is 0 Å². The van der Waals surface area contributed by atoms with Crippen molar-refractivity contribution in [3.63, 3.8) is 0 Å². The first-order chi connectivity index (χ1) is 8.24. The fourth-order valence-electron chi connectivity index (χ4n) is 1.22. The first kappa shape index (κ1) is 13.0. The zero-order valence-electron chi connectivity index (χ0n) is 9.30. The van der Waals surface area contributed by atoms with E-state index in [1.165, 1.54) is 0 Å². The van der Waals surface area contributed by atoms with E-state index in [1.54, 1.807) is 24.3 Å². The van der Waals surface area contributed by atoms with Gasteiger partial charge in [-0.2, -0.15) is 0 Å². The summed E-state index contributed by atoms with van der Waals surface area (Å²) in [5.41, 5.74) is 0. The number of hydrogen-bond donors (Lipinski definition) is 1. The zero-order chi connectivity index (χ0) is 12.5. The maximum atomic E-state index is 10.3. The highest BCUT2D eigenvalue weighted by molar-refractivity contribution is 5.66. The number of para-hydroxylation sites is 2. The predicted molar refractivity (Wildman–Crippen MR) is 60.4 cm³/mol.